The van der Waals surface area contributed by atoms with Gasteiger partial charge in [0.15, 0.2) is 0 Å². The van der Waals surface area contributed by atoms with Crippen LogP contribution in [0.1, 0.15) is 17.0 Å². The summed E-state index contributed by atoms with van der Waals surface area (Å²) in [6, 6.07) is 10.5. The van der Waals surface area contributed by atoms with Crippen LogP contribution in [0.5, 0.6) is 5.75 Å². The van der Waals surface area contributed by atoms with Gasteiger partial charge in [-0.05, 0) is 49.4 Å². The molecule has 0 spiro atoms. The molecule has 7 nitrogen and oxygen atoms in total. The van der Waals surface area contributed by atoms with Gasteiger partial charge in [-0.3, -0.25) is 4.79 Å². The quantitative estimate of drug-likeness (QED) is 0.408. The normalized spacial score (nSPS) is 11.8. The molecule has 0 unspecified atom stereocenters. The molecule has 4 rings (SSSR count). The third-order valence-electron chi connectivity index (χ3n) is 5.02. The first-order valence-corrected chi connectivity index (χ1v) is 10.2. The number of ether oxygens (including phenoxy) is 1. The van der Waals surface area contributed by atoms with E-state index in [0.29, 0.717) is 35.9 Å². The van der Waals surface area contributed by atoms with E-state index in [9.17, 15) is 18.0 Å². The van der Waals surface area contributed by atoms with Crippen LogP contribution >= 0.6 is 11.6 Å². The molecular formula is C22H18ClF3N4O3. The summed E-state index contributed by atoms with van der Waals surface area (Å²) in [4.78, 5) is 12.2. The molecular weight excluding hydrogens is 461 g/mol. The lowest BCUT2D eigenvalue weighted by Gasteiger charge is -2.09. The van der Waals surface area contributed by atoms with Crippen molar-refractivity contribution in [1.82, 2.24) is 19.6 Å². The van der Waals surface area contributed by atoms with Crippen LogP contribution in [0.15, 0.2) is 48.7 Å². The Kier molecular flexibility index (Phi) is 6.03. The second kappa shape index (κ2) is 8.78. The van der Waals surface area contributed by atoms with Gasteiger partial charge < -0.3 is 14.4 Å². The number of aryl methyl sites for hydroxylation is 1. The number of rotatable bonds is 7. The Hall–Kier alpha value is -3.53. The second-order valence-corrected chi connectivity index (χ2v) is 7.75. The summed E-state index contributed by atoms with van der Waals surface area (Å²) in [6.07, 6.45) is -2.40. The van der Waals surface area contributed by atoms with Gasteiger partial charge in [0.25, 0.3) is 0 Å². The number of carboxylic acids is 1. The highest BCUT2D eigenvalue weighted by molar-refractivity contribution is 6.31. The van der Waals surface area contributed by atoms with Gasteiger partial charge in [-0.2, -0.15) is 28.2 Å². The zero-order chi connectivity index (χ0) is 23.8. The van der Waals surface area contributed by atoms with Gasteiger partial charge in [0.05, 0.1) is 34.3 Å². The van der Waals surface area contributed by atoms with Crippen molar-refractivity contribution in [2.24, 2.45) is 0 Å². The van der Waals surface area contributed by atoms with E-state index < -0.39 is 22.7 Å². The minimum Gasteiger partial charge on any atom is -0.493 e. The van der Waals surface area contributed by atoms with Crippen molar-refractivity contribution in [2.45, 2.75) is 26.1 Å². The Morgan fingerprint density at radius 2 is 1.94 bits per heavy atom. The molecule has 11 heteroatoms. The van der Waals surface area contributed by atoms with Crippen molar-refractivity contribution in [3.63, 3.8) is 0 Å². The van der Waals surface area contributed by atoms with E-state index >= 15 is 0 Å². The number of fused-ring (bicyclic) bond motifs is 1. The lowest BCUT2D eigenvalue weighted by atomic mass is 10.2. The number of aromatic nitrogens is 4. The summed E-state index contributed by atoms with van der Waals surface area (Å²) in [5.74, 6) is -0.301. The van der Waals surface area contributed by atoms with Crippen LogP contribution < -0.4 is 4.74 Å². The van der Waals surface area contributed by atoms with Crippen molar-refractivity contribution in [3.8, 4) is 11.4 Å². The van der Waals surface area contributed by atoms with Crippen LogP contribution in [0, 0.1) is 6.92 Å². The van der Waals surface area contributed by atoms with Gasteiger partial charge in [0, 0.05) is 23.5 Å². The van der Waals surface area contributed by atoms with Gasteiger partial charge >= 0.3 is 12.1 Å². The van der Waals surface area contributed by atoms with Gasteiger partial charge in [0.2, 0.25) is 0 Å². The average Bonchev–Trinajstić information content (AvgIpc) is 3.30. The molecule has 4 aromatic rings. The van der Waals surface area contributed by atoms with Crippen molar-refractivity contribution in [3.05, 3.63) is 70.6 Å². The molecule has 2 aromatic carbocycles. The molecule has 172 valence electrons. The monoisotopic (exact) mass is 478 g/mol. The molecule has 0 aliphatic heterocycles. The van der Waals surface area contributed by atoms with Crippen LogP contribution in [0.4, 0.5) is 13.2 Å². The minimum absolute atomic E-state index is 0.122. The molecule has 0 fully saturated rings. The Labute approximate surface area is 191 Å². The number of alkyl halides is 3. The van der Waals surface area contributed by atoms with E-state index in [2.05, 4.69) is 10.2 Å². The van der Waals surface area contributed by atoms with Gasteiger partial charge in [-0.25, -0.2) is 0 Å². The summed E-state index contributed by atoms with van der Waals surface area (Å²) in [6.45, 7) is 1.93. The number of carbonyl (C=O) groups is 1. The number of carboxylic acid groups (broad SMARTS) is 1. The maximum atomic E-state index is 12.9. The maximum Gasteiger partial charge on any atom is 0.417 e. The summed E-state index contributed by atoms with van der Waals surface area (Å²) in [5, 5.41) is 18.0. The lowest BCUT2D eigenvalue weighted by molar-refractivity contribution is -0.138. The van der Waals surface area contributed by atoms with E-state index in [1.807, 2.05) is 12.1 Å². The third kappa shape index (κ3) is 4.95. The first kappa shape index (κ1) is 22.7. The first-order valence-electron chi connectivity index (χ1n) is 9.85. The standard InChI is InChI=1S/C22H18ClF3N4O3/c1-13-19(28-30(27-13)15-2-4-17(18(23)11-15)22(24,25)26)7-9-33-16-3-5-20-14(10-16)6-8-29(20)12-21(31)32/h2-6,8,10-11H,7,9,12H2,1H3,(H,31,32). The van der Waals surface area contributed by atoms with Gasteiger partial charge in [-0.15, -0.1) is 0 Å². The van der Waals surface area contributed by atoms with E-state index in [4.69, 9.17) is 21.4 Å². The molecule has 0 amide bonds. The summed E-state index contributed by atoms with van der Waals surface area (Å²) >= 11 is 5.79. The predicted octanol–water partition coefficient (Wildman–Crippen LogP) is 4.91. The van der Waals surface area contributed by atoms with Gasteiger partial charge in [-0.1, -0.05) is 11.6 Å². The second-order valence-electron chi connectivity index (χ2n) is 7.34. The topological polar surface area (TPSA) is 82.2 Å². The Morgan fingerprint density at radius 3 is 2.64 bits per heavy atom. The smallest absolute Gasteiger partial charge is 0.417 e. The molecule has 0 radical (unpaired) electrons. The molecule has 2 aromatic heterocycles. The highest BCUT2D eigenvalue weighted by Gasteiger charge is 2.33. The zero-order valence-corrected chi connectivity index (χ0v) is 18.1. The van der Waals surface area contributed by atoms with Gasteiger partial charge in [0.1, 0.15) is 12.3 Å². The molecule has 0 bridgehead atoms. The number of hydrogen-bond donors (Lipinski definition) is 1. The first-order chi connectivity index (χ1) is 15.6. The third-order valence-corrected chi connectivity index (χ3v) is 5.34. The Morgan fingerprint density at radius 1 is 1.15 bits per heavy atom. The molecule has 0 saturated carbocycles. The molecule has 0 aliphatic carbocycles. The fourth-order valence-corrected chi connectivity index (χ4v) is 3.71. The predicted molar refractivity (Wildman–Crippen MR) is 115 cm³/mol. The highest BCUT2D eigenvalue weighted by atomic mass is 35.5. The fraction of sp³-hybridized carbons (Fsp3) is 0.227. The summed E-state index contributed by atoms with van der Waals surface area (Å²) in [7, 11) is 0. The molecule has 33 heavy (non-hydrogen) atoms. The van der Waals surface area contributed by atoms with Crippen molar-refractivity contribution in [1.29, 1.82) is 0 Å². The van der Waals surface area contributed by atoms with Crippen molar-refractivity contribution < 1.29 is 27.8 Å². The van der Waals surface area contributed by atoms with Crippen LogP contribution in [-0.4, -0.2) is 37.2 Å². The van der Waals surface area contributed by atoms with E-state index in [-0.39, 0.29) is 6.54 Å². The average molecular weight is 479 g/mol. The van der Waals surface area contributed by atoms with Crippen LogP contribution in [0.3, 0.4) is 0 Å². The summed E-state index contributed by atoms with van der Waals surface area (Å²) in [5.41, 5.74) is 1.45. The Bertz CT molecular complexity index is 1330. The number of aliphatic carboxylic acids is 1. The fourth-order valence-electron chi connectivity index (χ4n) is 3.43. The van der Waals surface area contributed by atoms with Crippen LogP contribution in [0.2, 0.25) is 5.02 Å². The SMILES string of the molecule is Cc1nn(-c2ccc(C(F)(F)F)c(Cl)c2)nc1CCOc1ccc2c(ccn2CC(=O)O)c1. The van der Waals surface area contributed by atoms with Crippen LogP contribution in [-0.2, 0) is 23.9 Å². The molecule has 0 aliphatic rings. The van der Waals surface area contributed by atoms with Crippen molar-refractivity contribution in [2.75, 3.05) is 6.61 Å². The molecule has 0 saturated heterocycles. The largest absolute Gasteiger partial charge is 0.493 e. The molecule has 2 heterocycles. The van der Waals surface area contributed by atoms with Crippen molar-refractivity contribution >= 4 is 28.5 Å². The van der Waals surface area contributed by atoms with E-state index in [1.165, 1.54) is 16.9 Å². The highest BCUT2D eigenvalue weighted by Crippen LogP contribution is 2.35. The number of benzene rings is 2. The molecule has 1 N–H and O–H groups in total. The maximum absolute atomic E-state index is 12.9. The number of hydrogen-bond acceptors (Lipinski definition) is 4. The number of halogens is 4. The van der Waals surface area contributed by atoms with Crippen LogP contribution in [0.25, 0.3) is 16.6 Å². The molecule has 0 atom stereocenters. The minimum atomic E-state index is -4.53. The summed E-state index contributed by atoms with van der Waals surface area (Å²) < 4.78 is 46.2. The zero-order valence-electron chi connectivity index (χ0n) is 17.3. The Balaban J connectivity index is 1.43. The number of nitrogens with zero attached hydrogens (tertiary/aromatic N) is 4. The van der Waals surface area contributed by atoms with E-state index in [1.54, 1.807) is 29.8 Å². The van der Waals surface area contributed by atoms with E-state index in [0.717, 1.165) is 17.0 Å². The lowest BCUT2D eigenvalue weighted by Crippen LogP contribution is -2.07.